The molecule has 0 saturated carbocycles. The summed E-state index contributed by atoms with van der Waals surface area (Å²) in [5.41, 5.74) is 2.99. The van der Waals surface area contributed by atoms with E-state index >= 15 is 0 Å². The highest BCUT2D eigenvalue weighted by atomic mass is 19.1. The highest BCUT2D eigenvalue weighted by Gasteiger charge is 2.20. The second-order valence-electron chi connectivity index (χ2n) is 5.65. The number of benzene rings is 1. The van der Waals surface area contributed by atoms with E-state index < -0.39 is 0 Å². The number of carbonyl (C=O) groups excluding carboxylic acids is 1. The molecule has 1 aromatic carbocycles. The second kappa shape index (κ2) is 7.27. The zero-order chi connectivity index (χ0) is 17.8. The molecule has 0 bridgehead atoms. The van der Waals surface area contributed by atoms with Crippen LogP contribution in [0.25, 0.3) is 11.3 Å². The minimum absolute atomic E-state index is 0.226. The van der Waals surface area contributed by atoms with Gasteiger partial charge in [0.2, 0.25) is 0 Å². The van der Waals surface area contributed by atoms with Crippen molar-refractivity contribution in [2.24, 2.45) is 0 Å². The zero-order valence-electron chi connectivity index (χ0n) is 13.9. The van der Waals surface area contributed by atoms with Crippen molar-refractivity contribution in [3.05, 3.63) is 59.3 Å². The predicted octanol–water partition coefficient (Wildman–Crippen LogP) is 2.36. The Morgan fingerprint density at radius 3 is 2.92 bits per heavy atom. The van der Waals surface area contributed by atoms with Crippen molar-refractivity contribution >= 4 is 5.91 Å². The number of rotatable bonds is 6. The minimum atomic E-state index is -0.373. The van der Waals surface area contributed by atoms with Crippen LogP contribution in [0.3, 0.4) is 0 Å². The molecule has 1 amide bonds. The molecule has 2 heterocycles. The number of nitrogens with zero attached hydrogens (tertiary/aromatic N) is 3. The Hall–Kier alpha value is -3.00. The minimum Gasteiger partial charge on any atom is -0.378 e. The van der Waals surface area contributed by atoms with Crippen molar-refractivity contribution in [3.63, 3.8) is 0 Å². The van der Waals surface area contributed by atoms with Gasteiger partial charge < -0.3 is 9.64 Å². The average Bonchev–Trinajstić information content (AvgIpc) is 3.24. The van der Waals surface area contributed by atoms with E-state index in [2.05, 4.69) is 20.4 Å². The van der Waals surface area contributed by atoms with Crippen molar-refractivity contribution in [1.29, 1.82) is 0 Å². The molecule has 0 aliphatic rings. The van der Waals surface area contributed by atoms with Crippen LogP contribution in [-0.2, 0) is 17.9 Å². The quantitative estimate of drug-likeness (QED) is 0.719. The maximum absolute atomic E-state index is 13.5. The van der Waals surface area contributed by atoms with E-state index in [1.54, 1.807) is 26.3 Å². The monoisotopic (exact) mass is 343 g/mol. The van der Waals surface area contributed by atoms with Gasteiger partial charge in [-0.05, 0) is 18.2 Å². The standard InChI is InChI=1S/C17H18FN5O2/c1-23(9-13-7-14(10-25-2)21-20-13)17(24)15-8-19-22-16(15)11-4-3-5-12(18)6-11/h3-8H,9-10H2,1-2H3,(H,19,22)(H,20,21). The second-order valence-corrected chi connectivity index (χ2v) is 5.65. The van der Waals surface area contributed by atoms with Crippen molar-refractivity contribution < 1.29 is 13.9 Å². The molecule has 0 aliphatic carbocycles. The van der Waals surface area contributed by atoms with E-state index in [0.29, 0.717) is 30.0 Å². The summed E-state index contributed by atoms with van der Waals surface area (Å²) in [5, 5.41) is 13.7. The number of aromatic nitrogens is 4. The van der Waals surface area contributed by atoms with Crippen LogP contribution >= 0.6 is 0 Å². The fourth-order valence-electron chi connectivity index (χ4n) is 2.56. The third-order valence-electron chi connectivity index (χ3n) is 3.71. The first kappa shape index (κ1) is 16.8. The lowest BCUT2D eigenvalue weighted by Crippen LogP contribution is -2.26. The molecule has 0 radical (unpaired) electrons. The highest BCUT2D eigenvalue weighted by Crippen LogP contribution is 2.23. The molecular weight excluding hydrogens is 325 g/mol. The number of methoxy groups -OCH3 is 1. The summed E-state index contributed by atoms with van der Waals surface area (Å²) in [6, 6.07) is 7.86. The molecule has 2 N–H and O–H groups in total. The van der Waals surface area contributed by atoms with E-state index in [4.69, 9.17) is 4.74 Å². The lowest BCUT2D eigenvalue weighted by atomic mass is 10.1. The van der Waals surface area contributed by atoms with Gasteiger partial charge in [-0.3, -0.25) is 15.0 Å². The molecule has 0 aliphatic heterocycles. The van der Waals surface area contributed by atoms with E-state index in [1.807, 2.05) is 6.07 Å². The van der Waals surface area contributed by atoms with E-state index in [9.17, 15) is 9.18 Å². The SMILES string of the molecule is COCc1cc(CN(C)C(=O)c2cn[nH]c2-c2cccc(F)c2)[nH]n1. The van der Waals surface area contributed by atoms with Gasteiger partial charge >= 0.3 is 0 Å². The molecule has 3 rings (SSSR count). The Morgan fingerprint density at radius 1 is 1.32 bits per heavy atom. The number of halogens is 1. The van der Waals surface area contributed by atoms with Crippen LogP contribution in [0.15, 0.2) is 36.5 Å². The smallest absolute Gasteiger partial charge is 0.257 e. The summed E-state index contributed by atoms with van der Waals surface area (Å²) in [6.45, 7) is 0.753. The van der Waals surface area contributed by atoms with E-state index in [0.717, 1.165) is 11.4 Å². The highest BCUT2D eigenvalue weighted by molar-refractivity contribution is 5.99. The average molecular weight is 343 g/mol. The van der Waals surface area contributed by atoms with Crippen LogP contribution in [0.2, 0.25) is 0 Å². The summed E-state index contributed by atoms with van der Waals surface area (Å²) in [5.74, 6) is -0.599. The van der Waals surface area contributed by atoms with Crippen molar-refractivity contribution in [2.45, 2.75) is 13.2 Å². The Balaban J connectivity index is 1.77. The lowest BCUT2D eigenvalue weighted by molar-refractivity contribution is 0.0784. The van der Waals surface area contributed by atoms with E-state index in [-0.39, 0.29) is 11.7 Å². The largest absolute Gasteiger partial charge is 0.378 e. The molecule has 0 atom stereocenters. The van der Waals surface area contributed by atoms with E-state index in [1.165, 1.54) is 23.2 Å². The summed E-state index contributed by atoms with van der Waals surface area (Å²) >= 11 is 0. The fourth-order valence-corrected chi connectivity index (χ4v) is 2.56. The number of H-pyrrole nitrogens is 2. The van der Waals surface area contributed by atoms with Gasteiger partial charge in [-0.25, -0.2) is 4.39 Å². The molecule has 0 saturated heterocycles. The number of hydrogen-bond donors (Lipinski definition) is 2. The third-order valence-corrected chi connectivity index (χ3v) is 3.71. The molecule has 0 unspecified atom stereocenters. The number of amides is 1. The molecule has 3 aromatic rings. The van der Waals surface area contributed by atoms with Crippen LogP contribution < -0.4 is 0 Å². The molecule has 25 heavy (non-hydrogen) atoms. The molecule has 8 heteroatoms. The molecule has 0 fully saturated rings. The Bertz CT molecular complexity index is 873. The first-order chi connectivity index (χ1) is 12.1. The van der Waals surface area contributed by atoms with Gasteiger partial charge in [0.05, 0.1) is 42.0 Å². The van der Waals surface area contributed by atoms with Gasteiger partial charge in [0.1, 0.15) is 5.82 Å². The van der Waals surface area contributed by atoms with Crippen LogP contribution in [0.1, 0.15) is 21.7 Å². The van der Waals surface area contributed by atoms with Gasteiger partial charge in [-0.15, -0.1) is 0 Å². The molecule has 0 spiro atoms. The Labute approximate surface area is 143 Å². The Kier molecular flexibility index (Phi) is 4.90. The van der Waals surface area contributed by atoms with Crippen LogP contribution in [0, 0.1) is 5.82 Å². The van der Waals surface area contributed by atoms with Gasteiger partial charge in [0.15, 0.2) is 0 Å². The molecule has 2 aromatic heterocycles. The number of nitrogens with one attached hydrogen (secondary N) is 2. The maximum atomic E-state index is 13.5. The summed E-state index contributed by atoms with van der Waals surface area (Å²) in [7, 11) is 3.28. The van der Waals surface area contributed by atoms with Crippen molar-refractivity contribution in [2.75, 3.05) is 14.2 Å². The summed E-state index contributed by atoms with van der Waals surface area (Å²) in [4.78, 5) is 14.3. The fraction of sp³-hybridized carbons (Fsp3) is 0.235. The number of hydrogen-bond acceptors (Lipinski definition) is 4. The molecular formula is C17H18FN5O2. The van der Waals surface area contributed by atoms with Crippen LogP contribution in [0.5, 0.6) is 0 Å². The summed E-state index contributed by atoms with van der Waals surface area (Å²) in [6.07, 6.45) is 1.45. The summed E-state index contributed by atoms with van der Waals surface area (Å²) < 4.78 is 18.5. The first-order valence-corrected chi connectivity index (χ1v) is 7.65. The first-order valence-electron chi connectivity index (χ1n) is 7.65. The predicted molar refractivity (Wildman–Crippen MR) is 89.1 cm³/mol. The molecule has 130 valence electrons. The van der Waals surface area contributed by atoms with Gasteiger partial charge in [-0.1, -0.05) is 12.1 Å². The van der Waals surface area contributed by atoms with Gasteiger partial charge in [-0.2, -0.15) is 10.2 Å². The lowest BCUT2D eigenvalue weighted by Gasteiger charge is -2.16. The van der Waals surface area contributed by atoms with Crippen LogP contribution in [-0.4, -0.2) is 45.4 Å². The van der Waals surface area contributed by atoms with Crippen molar-refractivity contribution in [3.8, 4) is 11.3 Å². The normalized spacial score (nSPS) is 10.8. The number of carbonyl (C=O) groups is 1. The molecule has 7 nitrogen and oxygen atoms in total. The maximum Gasteiger partial charge on any atom is 0.257 e. The van der Waals surface area contributed by atoms with Gasteiger partial charge in [0, 0.05) is 19.7 Å². The van der Waals surface area contributed by atoms with Gasteiger partial charge in [0.25, 0.3) is 5.91 Å². The topological polar surface area (TPSA) is 86.9 Å². The Morgan fingerprint density at radius 2 is 2.16 bits per heavy atom. The third kappa shape index (κ3) is 3.74. The zero-order valence-corrected chi connectivity index (χ0v) is 13.9. The number of aromatic amines is 2. The van der Waals surface area contributed by atoms with Crippen LogP contribution in [0.4, 0.5) is 4.39 Å². The number of ether oxygens (including phenoxy) is 1. The van der Waals surface area contributed by atoms with Crippen molar-refractivity contribution in [1.82, 2.24) is 25.3 Å².